The van der Waals surface area contributed by atoms with E-state index in [1.807, 2.05) is 0 Å². The monoisotopic (exact) mass is 304 g/mol. The van der Waals surface area contributed by atoms with Crippen LogP contribution in [0.15, 0.2) is 53.4 Å². The molecule has 21 heavy (non-hydrogen) atoms. The Labute approximate surface area is 122 Å². The first-order chi connectivity index (χ1) is 10.0. The summed E-state index contributed by atoms with van der Waals surface area (Å²) in [7, 11) is -3.85. The molecule has 4 nitrogen and oxygen atoms in total. The summed E-state index contributed by atoms with van der Waals surface area (Å²) in [4.78, 5) is -0.0892. The lowest BCUT2D eigenvalue weighted by atomic mass is 10.2. The quantitative estimate of drug-likeness (QED) is 0.851. The minimum atomic E-state index is -3.85. The van der Waals surface area contributed by atoms with Crippen molar-refractivity contribution >= 4 is 15.7 Å². The molecule has 0 unspecified atom stereocenters. The molecule has 0 radical (unpaired) electrons. The van der Waals surface area contributed by atoms with E-state index in [9.17, 15) is 12.8 Å². The number of halogens is 1. The van der Waals surface area contributed by atoms with Crippen molar-refractivity contribution in [2.75, 3.05) is 11.3 Å². The average Bonchev–Trinajstić information content (AvgIpc) is 2.45. The number of hydrogen-bond acceptors (Lipinski definition) is 3. The topological polar surface area (TPSA) is 72.2 Å². The number of sulfonamides is 1. The Balaban J connectivity index is 2.45. The molecule has 0 amide bonds. The van der Waals surface area contributed by atoms with Gasteiger partial charge in [-0.05, 0) is 30.3 Å². The van der Waals surface area contributed by atoms with Crippen molar-refractivity contribution in [2.24, 2.45) is 5.73 Å². The Morgan fingerprint density at radius 3 is 2.52 bits per heavy atom. The fourth-order valence-electron chi connectivity index (χ4n) is 1.70. The molecule has 0 saturated carbocycles. The number of rotatable bonds is 3. The van der Waals surface area contributed by atoms with Crippen LogP contribution in [0.25, 0.3) is 0 Å². The number of anilines is 1. The Bertz CT molecular complexity index is 793. The molecule has 0 aliphatic rings. The van der Waals surface area contributed by atoms with Gasteiger partial charge in [0.2, 0.25) is 0 Å². The van der Waals surface area contributed by atoms with Crippen molar-refractivity contribution < 1.29 is 12.8 Å². The van der Waals surface area contributed by atoms with Crippen LogP contribution in [-0.2, 0) is 10.0 Å². The molecule has 0 aliphatic carbocycles. The van der Waals surface area contributed by atoms with Crippen molar-refractivity contribution in [2.45, 2.75) is 4.90 Å². The van der Waals surface area contributed by atoms with E-state index in [4.69, 9.17) is 5.73 Å². The van der Waals surface area contributed by atoms with Gasteiger partial charge >= 0.3 is 0 Å². The SMILES string of the molecule is NCC#Cc1cc(F)ccc1S(=O)(=O)Nc1ccccc1. The van der Waals surface area contributed by atoms with Crippen molar-refractivity contribution in [3.63, 3.8) is 0 Å². The van der Waals surface area contributed by atoms with Crippen LogP contribution in [0.4, 0.5) is 10.1 Å². The molecule has 2 aromatic carbocycles. The van der Waals surface area contributed by atoms with E-state index in [-0.39, 0.29) is 17.0 Å². The first-order valence-electron chi connectivity index (χ1n) is 6.09. The predicted molar refractivity (Wildman–Crippen MR) is 79.6 cm³/mol. The average molecular weight is 304 g/mol. The summed E-state index contributed by atoms with van der Waals surface area (Å²) in [6.07, 6.45) is 0. The van der Waals surface area contributed by atoms with Gasteiger partial charge < -0.3 is 5.73 Å². The zero-order valence-corrected chi connectivity index (χ0v) is 11.8. The van der Waals surface area contributed by atoms with Gasteiger partial charge in [0, 0.05) is 11.3 Å². The molecule has 0 bridgehead atoms. The maximum absolute atomic E-state index is 13.3. The van der Waals surface area contributed by atoms with E-state index in [2.05, 4.69) is 16.6 Å². The van der Waals surface area contributed by atoms with Gasteiger partial charge in [-0.2, -0.15) is 0 Å². The molecule has 2 rings (SSSR count). The van der Waals surface area contributed by atoms with Crippen molar-refractivity contribution in [3.05, 3.63) is 59.9 Å². The van der Waals surface area contributed by atoms with Crippen LogP contribution < -0.4 is 10.5 Å². The predicted octanol–water partition coefficient (Wildman–Crippen LogP) is 1.94. The summed E-state index contributed by atoms with van der Waals surface area (Å²) in [5, 5.41) is 0. The summed E-state index contributed by atoms with van der Waals surface area (Å²) in [5.41, 5.74) is 5.75. The molecule has 3 N–H and O–H groups in total. The van der Waals surface area contributed by atoms with Crippen molar-refractivity contribution in [3.8, 4) is 11.8 Å². The van der Waals surface area contributed by atoms with Crippen molar-refractivity contribution in [1.29, 1.82) is 0 Å². The van der Waals surface area contributed by atoms with Crippen LogP contribution in [0.2, 0.25) is 0 Å². The summed E-state index contributed by atoms with van der Waals surface area (Å²) in [5.74, 6) is 4.54. The first kappa shape index (κ1) is 15.0. The van der Waals surface area contributed by atoms with Crippen molar-refractivity contribution in [1.82, 2.24) is 0 Å². The Kier molecular flexibility index (Phi) is 4.58. The Hall–Kier alpha value is -2.36. The molecule has 0 spiro atoms. The molecular formula is C15H13FN2O2S. The highest BCUT2D eigenvalue weighted by atomic mass is 32.2. The number of hydrogen-bond donors (Lipinski definition) is 2. The van der Waals surface area contributed by atoms with Gasteiger partial charge in [0.05, 0.1) is 6.54 Å². The molecule has 0 fully saturated rings. The summed E-state index contributed by atoms with van der Waals surface area (Å²) in [6.45, 7) is 0.0577. The van der Waals surface area contributed by atoms with Crippen LogP contribution >= 0.6 is 0 Å². The van der Waals surface area contributed by atoms with Crippen LogP contribution in [-0.4, -0.2) is 15.0 Å². The Morgan fingerprint density at radius 1 is 1.14 bits per heavy atom. The largest absolute Gasteiger partial charge is 0.320 e. The van der Waals surface area contributed by atoms with Gasteiger partial charge in [-0.1, -0.05) is 30.0 Å². The maximum Gasteiger partial charge on any atom is 0.263 e. The van der Waals surface area contributed by atoms with Crippen LogP contribution in [0.3, 0.4) is 0 Å². The number of benzene rings is 2. The highest BCUT2D eigenvalue weighted by Crippen LogP contribution is 2.20. The molecule has 0 heterocycles. The van der Waals surface area contributed by atoms with Crippen LogP contribution in [0.5, 0.6) is 0 Å². The van der Waals surface area contributed by atoms with E-state index in [1.165, 1.54) is 6.07 Å². The molecule has 0 saturated heterocycles. The molecule has 108 valence electrons. The zero-order chi connectivity index (χ0) is 15.3. The lowest BCUT2D eigenvalue weighted by molar-refractivity contribution is 0.599. The second-order valence-electron chi connectivity index (χ2n) is 4.12. The third-order valence-corrected chi connectivity index (χ3v) is 4.02. The molecule has 0 atom stereocenters. The second kappa shape index (κ2) is 6.39. The highest BCUT2D eigenvalue weighted by Gasteiger charge is 2.18. The normalized spacial score (nSPS) is 10.6. The van der Waals surface area contributed by atoms with E-state index in [0.717, 1.165) is 12.1 Å². The molecule has 6 heteroatoms. The summed E-state index contributed by atoms with van der Waals surface area (Å²) >= 11 is 0. The summed E-state index contributed by atoms with van der Waals surface area (Å²) < 4.78 is 40.4. The molecule has 0 aromatic heterocycles. The van der Waals surface area contributed by atoms with E-state index < -0.39 is 15.8 Å². The Morgan fingerprint density at radius 2 is 1.86 bits per heavy atom. The van der Waals surface area contributed by atoms with Gasteiger partial charge in [0.15, 0.2) is 0 Å². The number of para-hydroxylation sites is 1. The van der Waals surface area contributed by atoms with Crippen LogP contribution in [0, 0.1) is 17.7 Å². The van der Waals surface area contributed by atoms with Gasteiger partial charge in [-0.15, -0.1) is 0 Å². The van der Waals surface area contributed by atoms with E-state index in [0.29, 0.717) is 5.69 Å². The fraction of sp³-hybridized carbons (Fsp3) is 0.0667. The number of nitrogens with two attached hydrogens (primary N) is 1. The minimum absolute atomic E-state index is 0.0577. The van der Waals surface area contributed by atoms with Gasteiger partial charge in [-0.25, -0.2) is 12.8 Å². The molecule has 2 aromatic rings. The first-order valence-corrected chi connectivity index (χ1v) is 7.57. The smallest absolute Gasteiger partial charge is 0.263 e. The third-order valence-electron chi connectivity index (χ3n) is 2.58. The molecular weight excluding hydrogens is 291 g/mol. The van der Waals surface area contributed by atoms with Gasteiger partial charge in [0.1, 0.15) is 10.7 Å². The second-order valence-corrected chi connectivity index (χ2v) is 5.77. The minimum Gasteiger partial charge on any atom is -0.320 e. The third kappa shape index (κ3) is 3.81. The molecule has 0 aliphatic heterocycles. The van der Waals surface area contributed by atoms with Gasteiger partial charge in [-0.3, -0.25) is 4.72 Å². The maximum atomic E-state index is 13.3. The lowest BCUT2D eigenvalue weighted by Crippen LogP contribution is -2.14. The van der Waals surface area contributed by atoms with Crippen LogP contribution in [0.1, 0.15) is 5.56 Å². The lowest BCUT2D eigenvalue weighted by Gasteiger charge is -2.09. The highest BCUT2D eigenvalue weighted by molar-refractivity contribution is 7.92. The fourth-order valence-corrected chi connectivity index (χ4v) is 2.90. The standard InChI is InChI=1S/C15H13FN2O2S/c16-13-8-9-15(12(11-13)5-4-10-17)21(19,20)18-14-6-2-1-3-7-14/h1-3,6-9,11,18H,10,17H2. The van der Waals surface area contributed by atoms with Gasteiger partial charge in [0.25, 0.3) is 10.0 Å². The number of nitrogens with one attached hydrogen (secondary N) is 1. The van der Waals surface area contributed by atoms with E-state index in [1.54, 1.807) is 30.3 Å². The zero-order valence-electron chi connectivity index (χ0n) is 11.0. The summed E-state index contributed by atoms with van der Waals surface area (Å²) in [6, 6.07) is 11.7. The van der Waals surface area contributed by atoms with E-state index >= 15 is 0 Å².